The molecule has 0 aliphatic carbocycles. The first kappa shape index (κ1) is 18.2. The molecule has 0 aliphatic heterocycles. The fourth-order valence-corrected chi connectivity index (χ4v) is 3.10. The lowest BCUT2D eigenvalue weighted by atomic mass is 10.0. The van der Waals surface area contributed by atoms with Gasteiger partial charge in [-0.15, -0.1) is 0 Å². The average molecular weight is 389 g/mol. The van der Waals surface area contributed by atoms with E-state index >= 15 is 0 Å². The van der Waals surface area contributed by atoms with Gasteiger partial charge < -0.3 is 10.2 Å². The van der Waals surface area contributed by atoms with Crippen molar-refractivity contribution in [3.63, 3.8) is 0 Å². The van der Waals surface area contributed by atoms with Gasteiger partial charge in [0.25, 0.3) is 0 Å². The molecule has 24 heavy (non-hydrogen) atoms. The predicted molar refractivity (Wildman–Crippen MR) is 99.9 cm³/mol. The number of anilines is 1. The van der Waals surface area contributed by atoms with E-state index < -0.39 is 0 Å². The van der Waals surface area contributed by atoms with Crippen LogP contribution in [0.15, 0.2) is 53.0 Å². The molecule has 2 aromatic carbocycles. The zero-order chi connectivity index (χ0) is 17.7. The number of benzene rings is 2. The number of halogens is 1. The molecule has 126 valence electrons. The lowest BCUT2D eigenvalue weighted by Gasteiger charge is -2.24. The smallest absolute Gasteiger partial charge is 0.229 e. The minimum absolute atomic E-state index is 0.0528. The van der Waals surface area contributed by atoms with E-state index in [0.29, 0.717) is 0 Å². The summed E-state index contributed by atoms with van der Waals surface area (Å²) >= 11 is 3.43. The topological polar surface area (TPSA) is 49.4 Å². The van der Waals surface area contributed by atoms with Crippen LogP contribution in [0.25, 0.3) is 0 Å². The van der Waals surface area contributed by atoms with Crippen LogP contribution in [0, 0.1) is 6.92 Å². The van der Waals surface area contributed by atoms with Crippen molar-refractivity contribution < 1.29 is 9.59 Å². The van der Waals surface area contributed by atoms with Gasteiger partial charge in [0.15, 0.2) is 0 Å². The Balaban J connectivity index is 2.19. The Labute approximate surface area is 151 Å². The van der Waals surface area contributed by atoms with Crippen LogP contribution >= 0.6 is 15.9 Å². The van der Waals surface area contributed by atoms with Gasteiger partial charge in [0, 0.05) is 24.1 Å². The molecule has 1 atom stereocenters. The van der Waals surface area contributed by atoms with E-state index in [1.807, 2.05) is 55.5 Å². The molecule has 0 saturated heterocycles. The Morgan fingerprint density at radius 1 is 1.17 bits per heavy atom. The summed E-state index contributed by atoms with van der Waals surface area (Å²) in [6, 6.07) is 15.0. The maximum Gasteiger partial charge on any atom is 0.229 e. The van der Waals surface area contributed by atoms with Gasteiger partial charge in [0.05, 0.1) is 12.5 Å². The van der Waals surface area contributed by atoms with Gasteiger partial charge in [-0.25, -0.2) is 0 Å². The molecule has 1 unspecified atom stereocenters. The lowest BCUT2D eigenvalue weighted by molar-refractivity contribution is -0.121. The highest BCUT2D eigenvalue weighted by molar-refractivity contribution is 9.10. The Morgan fingerprint density at radius 3 is 2.42 bits per heavy atom. The SMILES string of the molecule is CC(=O)NC(CC(=O)N(C)c1ccc(Br)cc1C)c1ccccc1. The summed E-state index contributed by atoms with van der Waals surface area (Å²) in [4.78, 5) is 25.8. The van der Waals surface area contributed by atoms with Gasteiger partial charge in [-0.05, 0) is 36.2 Å². The molecule has 0 aliphatic rings. The Bertz CT molecular complexity index is 731. The van der Waals surface area contributed by atoms with Gasteiger partial charge in [0.2, 0.25) is 11.8 Å². The second kappa shape index (κ2) is 8.11. The molecule has 0 fully saturated rings. The molecule has 0 bridgehead atoms. The standard InChI is InChI=1S/C19H21BrN2O2/c1-13-11-16(20)9-10-18(13)22(3)19(24)12-17(21-14(2)23)15-7-5-4-6-8-15/h4-11,17H,12H2,1-3H3,(H,21,23). The van der Waals surface area contributed by atoms with Crippen LogP contribution in [0.4, 0.5) is 5.69 Å². The van der Waals surface area contributed by atoms with Crippen molar-refractivity contribution in [3.8, 4) is 0 Å². The molecule has 2 aromatic rings. The summed E-state index contributed by atoms with van der Waals surface area (Å²) in [5.41, 5.74) is 2.79. The molecule has 0 spiro atoms. The summed E-state index contributed by atoms with van der Waals surface area (Å²) in [6.45, 7) is 3.43. The molecule has 0 heterocycles. The van der Waals surface area contributed by atoms with Crippen LogP contribution in [0.5, 0.6) is 0 Å². The van der Waals surface area contributed by atoms with E-state index in [2.05, 4.69) is 21.2 Å². The number of hydrogen-bond acceptors (Lipinski definition) is 2. The molecule has 5 heteroatoms. The molecule has 2 amide bonds. The molecule has 0 aromatic heterocycles. The number of nitrogens with one attached hydrogen (secondary N) is 1. The first-order valence-electron chi connectivity index (χ1n) is 7.73. The third kappa shape index (κ3) is 4.68. The number of carbonyl (C=O) groups is 2. The van der Waals surface area contributed by atoms with Crippen molar-refractivity contribution in [1.82, 2.24) is 5.32 Å². The monoisotopic (exact) mass is 388 g/mol. The highest BCUT2D eigenvalue weighted by atomic mass is 79.9. The quantitative estimate of drug-likeness (QED) is 0.841. The van der Waals surface area contributed by atoms with Crippen molar-refractivity contribution in [3.05, 3.63) is 64.1 Å². The summed E-state index contributed by atoms with van der Waals surface area (Å²) in [6.07, 6.45) is 0.204. The van der Waals surface area contributed by atoms with Gasteiger partial charge in [0.1, 0.15) is 0 Å². The summed E-state index contributed by atoms with van der Waals surface area (Å²) in [7, 11) is 1.76. The number of aryl methyl sites for hydroxylation is 1. The van der Waals surface area contributed by atoms with E-state index in [1.54, 1.807) is 11.9 Å². The van der Waals surface area contributed by atoms with Crippen molar-refractivity contribution in [2.45, 2.75) is 26.3 Å². The van der Waals surface area contributed by atoms with Crippen LogP contribution in [-0.4, -0.2) is 18.9 Å². The predicted octanol–water partition coefficient (Wildman–Crippen LogP) is 3.99. The zero-order valence-corrected chi connectivity index (χ0v) is 15.6. The number of hydrogen-bond donors (Lipinski definition) is 1. The summed E-state index contributed by atoms with van der Waals surface area (Å²) in [5, 5.41) is 2.86. The molecule has 4 nitrogen and oxygen atoms in total. The van der Waals surface area contributed by atoms with Crippen molar-refractivity contribution in [2.75, 3.05) is 11.9 Å². The van der Waals surface area contributed by atoms with Crippen LogP contribution in [0.3, 0.4) is 0 Å². The highest BCUT2D eigenvalue weighted by Gasteiger charge is 2.21. The van der Waals surface area contributed by atoms with Crippen LogP contribution in [0.2, 0.25) is 0 Å². The summed E-state index contributed by atoms with van der Waals surface area (Å²) < 4.78 is 0.977. The highest BCUT2D eigenvalue weighted by Crippen LogP contribution is 2.25. The number of carbonyl (C=O) groups excluding carboxylic acids is 2. The second-order valence-corrected chi connectivity index (χ2v) is 6.67. The van der Waals surface area contributed by atoms with E-state index in [4.69, 9.17) is 0 Å². The van der Waals surface area contributed by atoms with Crippen molar-refractivity contribution in [1.29, 1.82) is 0 Å². The number of amides is 2. The Kier molecular flexibility index (Phi) is 6.15. The van der Waals surface area contributed by atoms with Gasteiger partial charge in [-0.2, -0.15) is 0 Å². The Hall–Kier alpha value is -2.14. The fourth-order valence-electron chi connectivity index (χ4n) is 2.62. The van der Waals surface area contributed by atoms with Gasteiger partial charge >= 0.3 is 0 Å². The largest absolute Gasteiger partial charge is 0.349 e. The third-order valence-corrected chi connectivity index (χ3v) is 4.35. The van der Waals surface area contributed by atoms with E-state index in [1.165, 1.54) is 6.92 Å². The fraction of sp³-hybridized carbons (Fsp3) is 0.263. The number of nitrogens with zero attached hydrogens (tertiary/aromatic N) is 1. The van der Waals surface area contributed by atoms with E-state index in [9.17, 15) is 9.59 Å². The van der Waals surface area contributed by atoms with Gasteiger partial charge in [-0.3, -0.25) is 9.59 Å². The van der Waals surface area contributed by atoms with Crippen molar-refractivity contribution in [2.24, 2.45) is 0 Å². The lowest BCUT2D eigenvalue weighted by Crippen LogP contribution is -2.34. The van der Waals surface area contributed by atoms with Gasteiger partial charge in [-0.1, -0.05) is 46.3 Å². The minimum Gasteiger partial charge on any atom is -0.349 e. The normalized spacial score (nSPS) is 11.7. The van der Waals surface area contributed by atoms with E-state index in [-0.39, 0.29) is 24.3 Å². The maximum absolute atomic E-state index is 12.7. The minimum atomic E-state index is -0.339. The molecular formula is C19H21BrN2O2. The molecule has 2 rings (SSSR count). The van der Waals surface area contributed by atoms with Crippen LogP contribution < -0.4 is 10.2 Å². The zero-order valence-electron chi connectivity index (χ0n) is 14.0. The third-order valence-electron chi connectivity index (χ3n) is 3.85. The molecule has 0 saturated carbocycles. The molecular weight excluding hydrogens is 368 g/mol. The van der Waals surface area contributed by atoms with Crippen LogP contribution in [0.1, 0.15) is 30.5 Å². The van der Waals surface area contributed by atoms with Crippen molar-refractivity contribution >= 4 is 33.4 Å². The van der Waals surface area contributed by atoms with E-state index in [0.717, 1.165) is 21.3 Å². The molecule has 0 radical (unpaired) electrons. The Morgan fingerprint density at radius 2 is 1.83 bits per heavy atom. The first-order chi connectivity index (χ1) is 11.4. The van der Waals surface area contributed by atoms with Crippen LogP contribution in [-0.2, 0) is 9.59 Å². The second-order valence-electron chi connectivity index (χ2n) is 5.75. The molecule has 1 N–H and O–H groups in total. The first-order valence-corrected chi connectivity index (χ1v) is 8.52. The average Bonchev–Trinajstić information content (AvgIpc) is 2.54. The summed E-state index contributed by atoms with van der Waals surface area (Å²) in [5.74, 6) is -0.206. The number of rotatable bonds is 5. The maximum atomic E-state index is 12.7.